The van der Waals surface area contributed by atoms with Gasteiger partial charge >= 0.3 is 0 Å². The fourth-order valence-electron chi connectivity index (χ4n) is 5.17. The van der Waals surface area contributed by atoms with E-state index in [2.05, 4.69) is 31.3 Å². The molecule has 1 aromatic heterocycles. The molecule has 144 valence electrons. The first kappa shape index (κ1) is 16.9. The van der Waals surface area contributed by atoms with Crippen molar-refractivity contribution >= 4 is 22.6 Å². The molecule has 0 aromatic carbocycles. The minimum atomic E-state index is -0.884. The smallest absolute Gasteiger partial charge is 0.115 e. The van der Waals surface area contributed by atoms with Gasteiger partial charge in [-0.25, -0.2) is 15.4 Å². The van der Waals surface area contributed by atoms with Crippen LogP contribution in [0.25, 0.3) is 0 Å². The lowest BCUT2D eigenvalue weighted by atomic mass is 9.74. The standard InChI is InChI=1S/C18H24N6OS2/c25-27(11-2-1-3-11)18-16-15-12(14-4-5-21-24(14)23-16)6-13(22-17(15)26-18)10-7-19-9-20-8-10/h7-9,11-15,17,21-23H,1-6H2. The van der Waals surface area contributed by atoms with Crippen LogP contribution in [0, 0.1) is 11.8 Å². The summed E-state index contributed by atoms with van der Waals surface area (Å²) in [6, 6.07) is 0.732. The highest BCUT2D eigenvalue weighted by Gasteiger charge is 2.55. The summed E-state index contributed by atoms with van der Waals surface area (Å²) in [7, 11) is -0.884. The molecule has 5 aliphatic rings. The maximum Gasteiger partial charge on any atom is 0.115 e. The quantitative estimate of drug-likeness (QED) is 0.697. The molecule has 6 unspecified atom stereocenters. The summed E-state index contributed by atoms with van der Waals surface area (Å²) in [5, 5.41) is 6.65. The third-order valence-electron chi connectivity index (χ3n) is 6.76. The number of fused-ring (bicyclic) bond motifs is 2. The summed E-state index contributed by atoms with van der Waals surface area (Å²) in [6.45, 7) is 1.000. The number of rotatable bonds is 3. The fraction of sp³-hybridized carbons (Fsp3) is 0.667. The number of piperidine rings is 1. The van der Waals surface area contributed by atoms with Crippen LogP contribution >= 0.6 is 11.8 Å². The molecule has 7 nitrogen and oxygen atoms in total. The number of nitrogens with one attached hydrogen (secondary N) is 3. The first-order valence-corrected chi connectivity index (χ1v) is 12.0. The predicted octanol–water partition coefficient (Wildman–Crippen LogP) is 1.38. The summed E-state index contributed by atoms with van der Waals surface area (Å²) in [4.78, 5) is 8.45. The van der Waals surface area contributed by atoms with Crippen molar-refractivity contribution in [2.45, 2.75) is 54.8 Å². The van der Waals surface area contributed by atoms with E-state index in [4.69, 9.17) is 0 Å². The average molecular weight is 405 g/mol. The zero-order chi connectivity index (χ0) is 18.0. The van der Waals surface area contributed by atoms with Gasteiger partial charge in [0.2, 0.25) is 0 Å². The van der Waals surface area contributed by atoms with Crippen LogP contribution in [0.3, 0.4) is 0 Å². The van der Waals surface area contributed by atoms with Crippen molar-refractivity contribution in [2.24, 2.45) is 11.8 Å². The summed E-state index contributed by atoms with van der Waals surface area (Å²) in [6.07, 6.45) is 11.1. The Bertz CT molecular complexity index is 800. The Morgan fingerprint density at radius 3 is 2.85 bits per heavy atom. The maximum atomic E-state index is 13.2. The number of thioether (sulfide) groups is 1. The SMILES string of the molecule is O=S(C1=C2NN3NCCC3C3CC(c4cncnc4)NC(S1)C23)C1CCC1. The topological polar surface area (TPSA) is 82.2 Å². The summed E-state index contributed by atoms with van der Waals surface area (Å²) in [5.74, 6) is 0.951. The van der Waals surface area contributed by atoms with Crippen molar-refractivity contribution in [3.63, 3.8) is 0 Å². The number of hydrazine groups is 2. The Labute approximate surface area is 165 Å². The molecule has 1 saturated carbocycles. The van der Waals surface area contributed by atoms with Gasteiger partial charge in [0.15, 0.2) is 0 Å². The van der Waals surface area contributed by atoms with Crippen LogP contribution in [-0.2, 0) is 10.8 Å². The lowest BCUT2D eigenvalue weighted by Gasteiger charge is -2.48. The Hall–Kier alpha value is -1.00. The van der Waals surface area contributed by atoms with Gasteiger partial charge in [-0.3, -0.25) is 9.53 Å². The van der Waals surface area contributed by atoms with Crippen molar-refractivity contribution in [3.05, 3.63) is 34.2 Å². The molecule has 0 spiro atoms. The highest BCUT2D eigenvalue weighted by Crippen LogP contribution is 2.55. The van der Waals surface area contributed by atoms with Crippen molar-refractivity contribution in [1.29, 1.82) is 0 Å². The number of aromatic nitrogens is 2. The number of hydrogen-bond acceptors (Lipinski definition) is 8. The van der Waals surface area contributed by atoms with Crippen LogP contribution in [-0.4, -0.2) is 42.5 Å². The molecule has 6 rings (SSSR count). The third-order valence-corrected chi connectivity index (χ3v) is 10.3. The molecule has 5 heterocycles. The van der Waals surface area contributed by atoms with Gasteiger partial charge in [-0.15, -0.1) is 0 Å². The minimum absolute atomic E-state index is 0.253. The van der Waals surface area contributed by atoms with E-state index in [0.717, 1.165) is 42.0 Å². The van der Waals surface area contributed by atoms with E-state index in [-0.39, 0.29) is 11.4 Å². The number of nitrogens with zero attached hydrogens (tertiary/aromatic N) is 3. The Kier molecular flexibility index (Phi) is 4.08. The minimum Gasteiger partial charge on any atom is -0.307 e. The van der Waals surface area contributed by atoms with Gasteiger partial charge in [-0.1, -0.05) is 18.2 Å². The molecule has 4 aliphatic heterocycles. The monoisotopic (exact) mass is 404 g/mol. The average Bonchev–Trinajstić information content (AvgIpc) is 3.27. The summed E-state index contributed by atoms with van der Waals surface area (Å²) in [5.41, 5.74) is 9.46. The number of hydrogen-bond donors (Lipinski definition) is 3. The highest BCUT2D eigenvalue weighted by molar-refractivity contribution is 8.17. The summed E-state index contributed by atoms with van der Waals surface area (Å²) < 4.78 is 14.3. The van der Waals surface area contributed by atoms with E-state index in [1.54, 1.807) is 18.1 Å². The summed E-state index contributed by atoms with van der Waals surface area (Å²) >= 11 is 1.80. The zero-order valence-electron chi connectivity index (χ0n) is 15.0. The molecule has 1 aromatic rings. The Balaban J connectivity index is 1.36. The molecule has 0 amide bonds. The van der Waals surface area contributed by atoms with Gasteiger partial charge < -0.3 is 5.43 Å². The van der Waals surface area contributed by atoms with Gasteiger partial charge in [0.1, 0.15) is 6.33 Å². The molecule has 0 radical (unpaired) electrons. The first-order valence-electron chi connectivity index (χ1n) is 9.91. The highest BCUT2D eigenvalue weighted by atomic mass is 32.2. The van der Waals surface area contributed by atoms with Gasteiger partial charge in [-0.2, -0.15) is 5.12 Å². The first-order chi connectivity index (χ1) is 13.3. The third kappa shape index (κ3) is 2.62. The van der Waals surface area contributed by atoms with E-state index in [9.17, 15) is 4.21 Å². The molecular formula is C18H24N6OS2. The van der Waals surface area contributed by atoms with Gasteiger partial charge in [0.25, 0.3) is 0 Å². The van der Waals surface area contributed by atoms with Crippen LogP contribution in [0.1, 0.15) is 43.7 Å². The van der Waals surface area contributed by atoms with Gasteiger partial charge in [0, 0.05) is 47.8 Å². The predicted molar refractivity (Wildman–Crippen MR) is 105 cm³/mol. The molecule has 0 bridgehead atoms. The molecular weight excluding hydrogens is 380 g/mol. The lowest BCUT2D eigenvalue weighted by Crippen LogP contribution is -2.61. The second-order valence-corrected chi connectivity index (χ2v) is 11.2. The van der Waals surface area contributed by atoms with Crippen LogP contribution < -0.4 is 16.2 Å². The van der Waals surface area contributed by atoms with E-state index in [1.165, 1.54) is 12.1 Å². The van der Waals surface area contributed by atoms with Crippen LogP contribution in [0.5, 0.6) is 0 Å². The normalized spacial score (nSPS) is 39.5. The van der Waals surface area contributed by atoms with Crippen LogP contribution in [0.15, 0.2) is 28.7 Å². The van der Waals surface area contributed by atoms with Crippen molar-refractivity contribution in [2.75, 3.05) is 6.54 Å². The molecule has 6 atom stereocenters. The maximum absolute atomic E-state index is 13.2. The lowest BCUT2D eigenvalue weighted by molar-refractivity contribution is 0.00555. The molecule has 4 fully saturated rings. The van der Waals surface area contributed by atoms with Crippen molar-refractivity contribution in [1.82, 2.24) is 31.3 Å². The second kappa shape index (κ2) is 6.52. The fourth-order valence-corrected chi connectivity index (χ4v) is 8.99. The van der Waals surface area contributed by atoms with Crippen molar-refractivity contribution in [3.8, 4) is 0 Å². The zero-order valence-corrected chi connectivity index (χ0v) is 16.6. The molecule has 3 saturated heterocycles. The van der Waals surface area contributed by atoms with E-state index in [0.29, 0.717) is 23.1 Å². The van der Waals surface area contributed by atoms with Gasteiger partial charge in [-0.05, 0) is 31.6 Å². The van der Waals surface area contributed by atoms with Crippen LogP contribution in [0.4, 0.5) is 0 Å². The van der Waals surface area contributed by atoms with E-state index < -0.39 is 10.8 Å². The van der Waals surface area contributed by atoms with Crippen molar-refractivity contribution < 1.29 is 4.21 Å². The largest absolute Gasteiger partial charge is 0.307 e. The molecule has 27 heavy (non-hydrogen) atoms. The molecule has 1 aliphatic carbocycles. The second-order valence-electron chi connectivity index (χ2n) is 8.15. The molecule has 9 heteroatoms. The Morgan fingerprint density at radius 1 is 1.22 bits per heavy atom. The van der Waals surface area contributed by atoms with Gasteiger partial charge in [0.05, 0.1) is 26.1 Å². The van der Waals surface area contributed by atoms with E-state index >= 15 is 0 Å². The van der Waals surface area contributed by atoms with E-state index in [1.807, 2.05) is 12.4 Å². The van der Waals surface area contributed by atoms with Crippen LogP contribution in [0.2, 0.25) is 0 Å². The Morgan fingerprint density at radius 2 is 2.07 bits per heavy atom. The molecule has 3 N–H and O–H groups in total.